The van der Waals surface area contributed by atoms with E-state index in [1.807, 2.05) is 18.4 Å². The van der Waals surface area contributed by atoms with Gasteiger partial charge in [0.25, 0.3) is 5.91 Å². The molecule has 4 nitrogen and oxygen atoms in total. The van der Waals surface area contributed by atoms with Crippen molar-refractivity contribution < 1.29 is 9.53 Å². The molecule has 3 heterocycles. The van der Waals surface area contributed by atoms with Crippen molar-refractivity contribution in [3.8, 4) is 0 Å². The Morgan fingerprint density at radius 2 is 2.15 bits per heavy atom. The number of hydrogen-bond donors (Lipinski definition) is 1. The second kappa shape index (κ2) is 6.24. The Hall–Kier alpha value is -0.910. The molecule has 0 radical (unpaired) electrons. The number of aryl methyl sites for hydroxylation is 1. The lowest BCUT2D eigenvalue weighted by atomic mass is 10.0. The summed E-state index contributed by atoms with van der Waals surface area (Å²) >= 11 is 1.62. The average Bonchev–Trinajstić information content (AvgIpc) is 3.09. The minimum atomic E-state index is 0.0341. The van der Waals surface area contributed by atoms with Crippen LogP contribution in [0.15, 0.2) is 11.4 Å². The fourth-order valence-electron chi connectivity index (χ4n) is 3.10. The highest BCUT2D eigenvalue weighted by Crippen LogP contribution is 2.20. The smallest absolute Gasteiger partial charge is 0.252 e. The lowest BCUT2D eigenvalue weighted by molar-refractivity contribution is 0.0900. The summed E-state index contributed by atoms with van der Waals surface area (Å²) in [5.74, 6) is 0.0341. The van der Waals surface area contributed by atoms with Crippen molar-refractivity contribution >= 4 is 17.2 Å². The van der Waals surface area contributed by atoms with Crippen LogP contribution < -0.4 is 5.32 Å². The second-order valence-corrected chi connectivity index (χ2v) is 6.84. The predicted octanol–water partition coefficient (Wildman–Crippen LogP) is 2.04. The Bertz CT molecular complexity index is 468. The quantitative estimate of drug-likeness (QED) is 0.927. The van der Waals surface area contributed by atoms with E-state index < -0.39 is 0 Å². The molecule has 1 N–H and O–H groups in total. The van der Waals surface area contributed by atoms with E-state index in [-0.39, 0.29) is 11.9 Å². The monoisotopic (exact) mass is 294 g/mol. The van der Waals surface area contributed by atoms with Crippen LogP contribution in [0.2, 0.25) is 0 Å². The maximum absolute atomic E-state index is 12.3. The van der Waals surface area contributed by atoms with E-state index in [1.165, 1.54) is 24.1 Å². The Kier molecular flexibility index (Phi) is 4.38. The molecular weight excluding hydrogens is 272 g/mol. The van der Waals surface area contributed by atoms with Gasteiger partial charge < -0.3 is 10.1 Å². The van der Waals surface area contributed by atoms with Gasteiger partial charge in [0.15, 0.2) is 0 Å². The van der Waals surface area contributed by atoms with Crippen LogP contribution in [0, 0.1) is 6.92 Å². The molecule has 0 spiro atoms. The van der Waals surface area contributed by atoms with E-state index in [4.69, 9.17) is 4.74 Å². The molecule has 3 rings (SSSR count). The van der Waals surface area contributed by atoms with Gasteiger partial charge in [0.2, 0.25) is 0 Å². The molecule has 0 saturated carbocycles. The minimum Gasteiger partial charge on any atom is -0.378 e. The summed E-state index contributed by atoms with van der Waals surface area (Å²) < 4.78 is 5.61. The van der Waals surface area contributed by atoms with Gasteiger partial charge in [-0.1, -0.05) is 6.42 Å². The van der Waals surface area contributed by atoms with Gasteiger partial charge in [0, 0.05) is 10.3 Å². The molecule has 20 heavy (non-hydrogen) atoms. The highest BCUT2D eigenvalue weighted by atomic mass is 32.1. The maximum atomic E-state index is 12.3. The van der Waals surface area contributed by atoms with Crippen molar-refractivity contribution in [2.75, 3.05) is 26.3 Å². The Morgan fingerprint density at radius 3 is 2.85 bits per heavy atom. The summed E-state index contributed by atoms with van der Waals surface area (Å²) in [6.45, 7) is 5.68. The van der Waals surface area contributed by atoms with Gasteiger partial charge in [-0.25, -0.2) is 0 Å². The summed E-state index contributed by atoms with van der Waals surface area (Å²) in [5.41, 5.74) is 0.775. The largest absolute Gasteiger partial charge is 0.378 e. The van der Waals surface area contributed by atoms with Crippen LogP contribution in [0.3, 0.4) is 0 Å². The minimum absolute atomic E-state index is 0.0341. The SMILES string of the molecule is Cc1cc(C(=O)N[C@H]2COC[C@@H]2N2CCCCC2)cs1. The molecule has 0 aromatic carbocycles. The first-order chi connectivity index (χ1) is 9.74. The van der Waals surface area contributed by atoms with Crippen LogP contribution in [0.5, 0.6) is 0 Å². The van der Waals surface area contributed by atoms with E-state index in [9.17, 15) is 4.79 Å². The molecule has 2 aliphatic heterocycles. The molecular formula is C15H22N2O2S. The molecule has 5 heteroatoms. The van der Waals surface area contributed by atoms with Crippen molar-refractivity contribution in [2.45, 2.75) is 38.3 Å². The van der Waals surface area contributed by atoms with E-state index in [2.05, 4.69) is 10.2 Å². The lowest BCUT2D eigenvalue weighted by Crippen LogP contribution is -2.52. The normalized spacial score (nSPS) is 27.6. The molecule has 110 valence electrons. The van der Waals surface area contributed by atoms with Gasteiger partial charge >= 0.3 is 0 Å². The van der Waals surface area contributed by atoms with Crippen LogP contribution in [0.1, 0.15) is 34.5 Å². The standard InChI is InChI=1S/C15H22N2O2S/c1-11-7-12(10-20-11)15(18)16-13-8-19-9-14(13)17-5-3-2-4-6-17/h7,10,13-14H,2-6,8-9H2,1H3,(H,16,18)/t13-,14-/m0/s1. The lowest BCUT2D eigenvalue weighted by Gasteiger charge is -2.34. The van der Waals surface area contributed by atoms with Crippen molar-refractivity contribution in [3.63, 3.8) is 0 Å². The van der Waals surface area contributed by atoms with Crippen LogP contribution >= 0.6 is 11.3 Å². The van der Waals surface area contributed by atoms with Crippen LogP contribution in [0.25, 0.3) is 0 Å². The fraction of sp³-hybridized carbons (Fsp3) is 0.667. The van der Waals surface area contributed by atoms with Crippen molar-refractivity contribution in [1.29, 1.82) is 0 Å². The number of thiophene rings is 1. The number of likely N-dealkylation sites (tertiary alicyclic amines) is 1. The first kappa shape index (κ1) is 14.0. The Balaban J connectivity index is 1.62. The molecule has 0 bridgehead atoms. The molecule has 0 aliphatic carbocycles. The van der Waals surface area contributed by atoms with Crippen molar-refractivity contribution in [2.24, 2.45) is 0 Å². The third-order valence-electron chi connectivity index (χ3n) is 4.22. The number of hydrogen-bond acceptors (Lipinski definition) is 4. The summed E-state index contributed by atoms with van der Waals surface area (Å²) in [7, 11) is 0. The highest BCUT2D eigenvalue weighted by molar-refractivity contribution is 7.10. The Labute approximate surface area is 124 Å². The average molecular weight is 294 g/mol. The zero-order valence-electron chi connectivity index (χ0n) is 11.9. The van der Waals surface area contributed by atoms with Gasteiger partial charge in [-0.05, 0) is 38.9 Å². The van der Waals surface area contributed by atoms with E-state index in [1.54, 1.807) is 11.3 Å². The van der Waals surface area contributed by atoms with E-state index in [0.29, 0.717) is 12.6 Å². The Morgan fingerprint density at radius 1 is 1.35 bits per heavy atom. The molecule has 1 aromatic rings. The summed E-state index contributed by atoms with van der Waals surface area (Å²) in [4.78, 5) is 15.9. The highest BCUT2D eigenvalue weighted by Gasteiger charge is 2.34. The first-order valence-corrected chi connectivity index (χ1v) is 8.30. The van der Waals surface area contributed by atoms with Crippen LogP contribution in [-0.2, 0) is 4.74 Å². The number of rotatable bonds is 3. The molecule has 2 aliphatic rings. The van der Waals surface area contributed by atoms with Gasteiger partial charge in [0.05, 0.1) is 30.9 Å². The number of carbonyl (C=O) groups is 1. The third-order valence-corrected chi connectivity index (χ3v) is 5.08. The van der Waals surface area contributed by atoms with Gasteiger partial charge in [0.1, 0.15) is 0 Å². The van der Waals surface area contributed by atoms with E-state index >= 15 is 0 Å². The zero-order chi connectivity index (χ0) is 13.9. The van der Waals surface area contributed by atoms with Crippen LogP contribution in [0.4, 0.5) is 0 Å². The third kappa shape index (κ3) is 3.05. The summed E-state index contributed by atoms with van der Waals surface area (Å²) in [5, 5.41) is 5.08. The number of amides is 1. The predicted molar refractivity (Wildman–Crippen MR) is 80.3 cm³/mol. The molecule has 2 fully saturated rings. The molecule has 2 atom stereocenters. The van der Waals surface area contributed by atoms with Gasteiger partial charge in [-0.15, -0.1) is 11.3 Å². The second-order valence-electron chi connectivity index (χ2n) is 5.73. The van der Waals surface area contributed by atoms with E-state index in [0.717, 1.165) is 25.3 Å². The molecule has 0 unspecified atom stereocenters. The molecule has 2 saturated heterocycles. The van der Waals surface area contributed by atoms with Gasteiger partial charge in [-0.3, -0.25) is 9.69 Å². The summed E-state index contributed by atoms with van der Waals surface area (Å²) in [6.07, 6.45) is 3.86. The summed E-state index contributed by atoms with van der Waals surface area (Å²) in [6, 6.07) is 2.42. The number of piperidine rings is 1. The molecule has 1 aromatic heterocycles. The number of ether oxygens (including phenoxy) is 1. The van der Waals surface area contributed by atoms with Crippen LogP contribution in [-0.4, -0.2) is 49.2 Å². The fourth-order valence-corrected chi connectivity index (χ4v) is 3.79. The molecule has 1 amide bonds. The van der Waals surface area contributed by atoms with Gasteiger partial charge in [-0.2, -0.15) is 0 Å². The number of nitrogens with zero attached hydrogens (tertiary/aromatic N) is 1. The maximum Gasteiger partial charge on any atom is 0.252 e. The first-order valence-electron chi connectivity index (χ1n) is 7.42. The van der Waals surface area contributed by atoms with Crippen molar-refractivity contribution in [1.82, 2.24) is 10.2 Å². The topological polar surface area (TPSA) is 41.6 Å². The number of carbonyl (C=O) groups excluding carboxylic acids is 1. The van der Waals surface area contributed by atoms with Crippen molar-refractivity contribution in [3.05, 3.63) is 21.9 Å². The zero-order valence-corrected chi connectivity index (χ0v) is 12.7. The number of nitrogens with one attached hydrogen (secondary N) is 1.